The number of ether oxygens (including phenoxy) is 1. The first-order valence-electron chi connectivity index (χ1n) is 11.9. The minimum Gasteiger partial charge on any atom is -0.492 e. The van der Waals surface area contributed by atoms with E-state index < -0.39 is 11.6 Å². The van der Waals surface area contributed by atoms with Crippen LogP contribution in [0.15, 0.2) is 48.0 Å². The number of anilines is 1. The van der Waals surface area contributed by atoms with Gasteiger partial charge in [-0.1, -0.05) is 18.1 Å². The quantitative estimate of drug-likeness (QED) is 0.315. The predicted molar refractivity (Wildman–Crippen MR) is 131 cm³/mol. The van der Waals surface area contributed by atoms with Gasteiger partial charge in [0.2, 0.25) is 5.95 Å². The highest BCUT2D eigenvalue weighted by Gasteiger charge is 2.22. The third kappa shape index (κ3) is 6.29. The van der Waals surface area contributed by atoms with Crippen molar-refractivity contribution in [3.8, 4) is 17.0 Å². The topological polar surface area (TPSA) is 72.7 Å². The molecule has 0 radical (unpaired) electrons. The second-order valence-electron chi connectivity index (χ2n) is 8.38. The van der Waals surface area contributed by atoms with E-state index in [0.29, 0.717) is 30.4 Å². The highest BCUT2D eigenvalue weighted by Crippen LogP contribution is 2.27. The summed E-state index contributed by atoms with van der Waals surface area (Å²) < 4.78 is 35.1. The number of hydrogen-bond acceptors (Lipinski definition) is 7. The molecule has 184 valence electrons. The lowest BCUT2D eigenvalue weighted by Crippen LogP contribution is -2.36. The lowest BCUT2D eigenvalue weighted by Gasteiger charge is -2.31. The van der Waals surface area contributed by atoms with E-state index in [9.17, 15) is 8.78 Å². The molecule has 1 saturated heterocycles. The van der Waals surface area contributed by atoms with Crippen LogP contribution in [-0.4, -0.2) is 47.5 Å². The molecule has 2 aromatic heterocycles. The van der Waals surface area contributed by atoms with Gasteiger partial charge in [-0.2, -0.15) is 0 Å². The van der Waals surface area contributed by atoms with Crippen LogP contribution in [0, 0.1) is 17.6 Å². The van der Waals surface area contributed by atoms with E-state index in [1.54, 1.807) is 13.0 Å². The van der Waals surface area contributed by atoms with Crippen molar-refractivity contribution in [2.45, 2.75) is 33.1 Å². The van der Waals surface area contributed by atoms with Crippen molar-refractivity contribution < 1.29 is 18.4 Å². The van der Waals surface area contributed by atoms with Crippen LogP contribution in [0.25, 0.3) is 11.3 Å². The van der Waals surface area contributed by atoms with E-state index in [2.05, 4.69) is 31.9 Å². The smallest absolute Gasteiger partial charge is 0.225 e. The van der Waals surface area contributed by atoms with Gasteiger partial charge in [0.1, 0.15) is 23.9 Å². The van der Waals surface area contributed by atoms with Gasteiger partial charge in [0.25, 0.3) is 0 Å². The number of nitrogens with zero attached hydrogens (tertiary/aromatic N) is 5. The van der Waals surface area contributed by atoms with Gasteiger partial charge in [-0.3, -0.25) is 0 Å². The lowest BCUT2D eigenvalue weighted by molar-refractivity contribution is 0.160. The minimum absolute atomic E-state index is 0.0643. The van der Waals surface area contributed by atoms with E-state index in [0.717, 1.165) is 43.9 Å². The first-order valence-corrected chi connectivity index (χ1v) is 11.9. The molecule has 1 aliphatic heterocycles. The fraction of sp³-hybridized carbons (Fsp3) is 0.385. The molecular weight excluding hydrogens is 452 g/mol. The van der Waals surface area contributed by atoms with Crippen LogP contribution in [0.2, 0.25) is 0 Å². The van der Waals surface area contributed by atoms with E-state index in [1.807, 2.05) is 12.4 Å². The van der Waals surface area contributed by atoms with Gasteiger partial charge in [-0.25, -0.2) is 23.7 Å². The van der Waals surface area contributed by atoms with Crippen LogP contribution in [0.4, 0.5) is 14.7 Å². The maximum Gasteiger partial charge on any atom is 0.225 e. The van der Waals surface area contributed by atoms with Crippen molar-refractivity contribution >= 4 is 12.2 Å². The van der Waals surface area contributed by atoms with Crippen LogP contribution < -0.4 is 9.64 Å². The molecule has 0 N–H and O–H groups in total. The zero-order chi connectivity index (χ0) is 24.6. The van der Waals surface area contributed by atoms with E-state index >= 15 is 0 Å². The normalized spacial score (nSPS) is 14.5. The molecule has 0 saturated carbocycles. The molecule has 0 spiro atoms. The Morgan fingerprint density at radius 2 is 1.80 bits per heavy atom. The summed E-state index contributed by atoms with van der Waals surface area (Å²) >= 11 is 0. The Kier molecular flexibility index (Phi) is 8.18. The van der Waals surface area contributed by atoms with Crippen molar-refractivity contribution in [2.24, 2.45) is 11.1 Å². The maximum atomic E-state index is 14.7. The van der Waals surface area contributed by atoms with Crippen LogP contribution >= 0.6 is 0 Å². The van der Waals surface area contributed by atoms with Crippen molar-refractivity contribution in [3.05, 3.63) is 65.6 Å². The van der Waals surface area contributed by atoms with Crippen LogP contribution in [0.3, 0.4) is 0 Å². The van der Waals surface area contributed by atoms with Crippen molar-refractivity contribution in [2.75, 3.05) is 31.2 Å². The Morgan fingerprint density at radius 3 is 2.46 bits per heavy atom. The molecule has 1 aliphatic rings. The van der Waals surface area contributed by atoms with E-state index in [-0.39, 0.29) is 11.3 Å². The fourth-order valence-corrected chi connectivity index (χ4v) is 3.88. The summed E-state index contributed by atoms with van der Waals surface area (Å²) in [5.41, 5.74) is 1.64. The first kappa shape index (κ1) is 24.5. The number of aromatic nitrogens is 3. The summed E-state index contributed by atoms with van der Waals surface area (Å²) in [6.45, 7) is 6.45. The highest BCUT2D eigenvalue weighted by atomic mass is 19.1. The highest BCUT2D eigenvalue weighted by molar-refractivity contribution is 5.80. The molecule has 35 heavy (non-hydrogen) atoms. The summed E-state index contributed by atoms with van der Waals surface area (Å²) in [6.07, 6.45) is 9.35. The predicted octanol–water partition coefficient (Wildman–Crippen LogP) is 5.05. The molecule has 1 aromatic carbocycles. The number of pyridine rings is 1. The largest absolute Gasteiger partial charge is 0.492 e. The molecule has 3 heterocycles. The Hall–Kier alpha value is -3.62. The summed E-state index contributed by atoms with van der Waals surface area (Å²) in [5, 5.41) is 3.71. The Morgan fingerprint density at radius 1 is 1.03 bits per heavy atom. The fourth-order valence-electron chi connectivity index (χ4n) is 3.88. The minimum atomic E-state index is -0.639. The molecule has 0 bridgehead atoms. The lowest BCUT2D eigenvalue weighted by atomic mass is 9.98. The number of hydrogen-bond donors (Lipinski definition) is 0. The number of halogens is 2. The first-order chi connectivity index (χ1) is 17.1. The van der Waals surface area contributed by atoms with Gasteiger partial charge in [-0.05, 0) is 55.4 Å². The van der Waals surface area contributed by atoms with E-state index in [1.165, 1.54) is 30.6 Å². The average Bonchev–Trinajstić information content (AvgIpc) is 2.89. The molecule has 7 nitrogen and oxygen atoms in total. The zero-order valence-electron chi connectivity index (χ0n) is 20.0. The summed E-state index contributed by atoms with van der Waals surface area (Å²) in [5.74, 6) is 0.191. The maximum absolute atomic E-state index is 14.7. The van der Waals surface area contributed by atoms with Gasteiger partial charge < -0.3 is 14.5 Å². The molecule has 1 fully saturated rings. The van der Waals surface area contributed by atoms with Crippen LogP contribution in [0.5, 0.6) is 5.75 Å². The number of benzene rings is 1. The number of aryl methyl sites for hydroxylation is 1. The van der Waals surface area contributed by atoms with Gasteiger partial charge >= 0.3 is 0 Å². The summed E-state index contributed by atoms with van der Waals surface area (Å²) in [4.78, 5) is 20.1. The zero-order valence-corrected chi connectivity index (χ0v) is 20.0. The Labute approximate surface area is 203 Å². The van der Waals surface area contributed by atoms with E-state index in [4.69, 9.17) is 9.57 Å². The van der Waals surface area contributed by atoms with Gasteiger partial charge in [0.15, 0.2) is 5.82 Å². The average molecular weight is 482 g/mol. The molecule has 0 atom stereocenters. The number of piperidine rings is 1. The number of rotatable bonds is 9. The second-order valence-corrected chi connectivity index (χ2v) is 8.38. The molecule has 0 amide bonds. The molecule has 9 heteroatoms. The molecular formula is C26H29F2N5O2. The molecule has 0 unspecified atom stereocenters. The monoisotopic (exact) mass is 481 g/mol. The summed E-state index contributed by atoms with van der Waals surface area (Å²) in [6, 6.07) is 5.62. The molecule has 3 aromatic rings. The third-order valence-corrected chi connectivity index (χ3v) is 5.95. The van der Waals surface area contributed by atoms with Crippen molar-refractivity contribution in [1.82, 2.24) is 15.0 Å². The second kappa shape index (κ2) is 11.7. The molecule has 4 rings (SSSR count). The number of oxime groups is 1. The standard InChI is InChI=1S/C26H29F2N5O2/c1-3-18-13-30-26(31-14-18)33-9-7-19(8-10-33)17-34-21-12-24(28)25(29-16-21)22-6-5-20(11-23(22)27)15-32-35-4-2/h5-6,11-16,19H,3-4,7-10,17H2,1-2H3/b32-15+. The van der Waals surface area contributed by atoms with Gasteiger partial charge in [-0.15, -0.1) is 0 Å². The van der Waals surface area contributed by atoms with Crippen molar-refractivity contribution in [3.63, 3.8) is 0 Å². The Balaban J connectivity index is 1.32. The SMILES string of the molecule is CCO/N=C/c1ccc(-c2ncc(OCC3CCN(c4ncc(CC)cn4)CC3)cc2F)c(F)c1. The molecule has 0 aliphatic carbocycles. The van der Waals surface area contributed by atoms with Crippen LogP contribution in [0.1, 0.15) is 37.8 Å². The van der Waals surface area contributed by atoms with Gasteiger partial charge in [0, 0.05) is 37.1 Å². The van der Waals surface area contributed by atoms with Gasteiger partial charge in [0.05, 0.1) is 19.0 Å². The Bertz CT molecular complexity index is 1150. The van der Waals surface area contributed by atoms with Crippen molar-refractivity contribution in [1.29, 1.82) is 0 Å². The summed E-state index contributed by atoms with van der Waals surface area (Å²) in [7, 11) is 0. The third-order valence-electron chi connectivity index (χ3n) is 5.95. The van der Waals surface area contributed by atoms with Crippen LogP contribution in [-0.2, 0) is 11.3 Å².